The third-order valence-electron chi connectivity index (χ3n) is 2.01. The number of hydrogen-bond donors (Lipinski definition) is 4. The van der Waals surface area contributed by atoms with Gasteiger partial charge in [0.1, 0.15) is 0 Å². The molecule has 0 unspecified atom stereocenters. The van der Waals surface area contributed by atoms with E-state index in [1.165, 1.54) is 14.1 Å². The van der Waals surface area contributed by atoms with Gasteiger partial charge in [-0.3, -0.25) is 20.2 Å². The van der Waals surface area contributed by atoms with Crippen molar-refractivity contribution in [2.45, 2.75) is 0 Å². The molecule has 6 amide bonds. The topological polar surface area (TPSA) is 169 Å². The summed E-state index contributed by atoms with van der Waals surface area (Å²) >= 11 is 0. The van der Waals surface area contributed by atoms with E-state index in [0.29, 0.717) is 12.2 Å². The van der Waals surface area contributed by atoms with Crippen molar-refractivity contribution in [1.29, 1.82) is 0 Å². The first-order chi connectivity index (χ1) is 11.3. The Hall–Kier alpha value is -3.44. The molecule has 0 fully saturated rings. The van der Waals surface area contributed by atoms with Crippen molar-refractivity contribution in [3.8, 4) is 0 Å². The molecule has 4 N–H and O–H groups in total. The van der Waals surface area contributed by atoms with Crippen LogP contribution < -0.4 is 21.3 Å². The summed E-state index contributed by atoms with van der Waals surface area (Å²) in [5.74, 6) is -3.84. The van der Waals surface area contributed by atoms with Crippen molar-refractivity contribution in [2.24, 2.45) is 0 Å². The Morgan fingerprint density at radius 3 is 1.33 bits per heavy atom. The minimum absolute atomic E-state index is 0.659. The summed E-state index contributed by atoms with van der Waals surface area (Å²) < 4.78 is 8.87. The van der Waals surface area contributed by atoms with Gasteiger partial charge in [0.15, 0.2) is 13.2 Å². The fourth-order valence-electron chi connectivity index (χ4n) is 0.956. The molecule has 0 saturated heterocycles. The Balaban J connectivity index is 4.06. The van der Waals surface area contributed by atoms with Crippen LogP contribution >= 0.6 is 0 Å². The fraction of sp³-hybridized carbons (Fsp3) is 0.333. The smallest absolute Gasteiger partial charge is 0.331 e. The maximum atomic E-state index is 11.2. The fourth-order valence-corrected chi connectivity index (χ4v) is 0.956. The summed E-state index contributed by atoms with van der Waals surface area (Å²) in [6.07, 6.45) is 1.32. The van der Waals surface area contributed by atoms with Gasteiger partial charge >= 0.3 is 24.0 Å². The highest BCUT2D eigenvalue weighted by Gasteiger charge is 2.10. The zero-order valence-corrected chi connectivity index (χ0v) is 12.8. The predicted octanol–water partition coefficient (Wildman–Crippen LogP) is -2.46. The number of nitrogens with one attached hydrogen (secondary N) is 4. The van der Waals surface area contributed by atoms with Crippen molar-refractivity contribution in [2.75, 3.05) is 27.3 Å². The summed E-state index contributed by atoms with van der Waals surface area (Å²) in [4.78, 5) is 66.2. The first-order valence-electron chi connectivity index (χ1n) is 6.33. The van der Waals surface area contributed by atoms with Crippen molar-refractivity contribution in [1.82, 2.24) is 21.3 Å². The highest BCUT2D eigenvalue weighted by atomic mass is 16.5. The number of amides is 6. The normalized spacial score (nSPS) is 9.58. The van der Waals surface area contributed by atoms with Crippen molar-refractivity contribution >= 4 is 35.8 Å². The van der Waals surface area contributed by atoms with Crippen LogP contribution in [0, 0.1) is 0 Å². The maximum absolute atomic E-state index is 11.2. The standard InChI is InChI=1S/C12H16N4O8/c1-13-11(21)15-7(17)5-23-9(19)3-4-10(20)24-6-8(18)16-12(22)14-2/h3-4H,5-6H2,1-2H3,(H2,13,15,17,21)(H2,14,16,18,22)/b4-3+. The Kier molecular flexibility index (Phi) is 9.57. The second-order valence-corrected chi connectivity index (χ2v) is 3.80. The molecule has 0 saturated carbocycles. The van der Waals surface area contributed by atoms with Gasteiger partial charge in [-0.2, -0.15) is 0 Å². The number of rotatable bonds is 6. The van der Waals surface area contributed by atoms with Gasteiger partial charge in [0.25, 0.3) is 11.8 Å². The van der Waals surface area contributed by atoms with Crippen LogP contribution in [0.4, 0.5) is 9.59 Å². The molecule has 0 aromatic heterocycles. The first kappa shape index (κ1) is 20.6. The largest absolute Gasteiger partial charge is 0.452 e. The molecule has 0 radical (unpaired) electrons. The Morgan fingerprint density at radius 1 is 0.708 bits per heavy atom. The number of ether oxygens (including phenoxy) is 2. The van der Waals surface area contributed by atoms with Gasteiger partial charge in [0.05, 0.1) is 0 Å². The summed E-state index contributed by atoms with van der Waals surface area (Å²) in [6, 6.07) is -1.55. The van der Waals surface area contributed by atoms with E-state index in [-0.39, 0.29) is 0 Å². The van der Waals surface area contributed by atoms with E-state index in [1.54, 1.807) is 0 Å². The van der Waals surface area contributed by atoms with Crippen LogP contribution in [0.25, 0.3) is 0 Å². The molecular formula is C12H16N4O8. The first-order valence-corrected chi connectivity index (χ1v) is 6.33. The minimum atomic E-state index is -1.05. The van der Waals surface area contributed by atoms with E-state index < -0.39 is 49.0 Å². The Labute approximate surface area is 135 Å². The molecule has 0 aromatic rings. The lowest BCUT2D eigenvalue weighted by Crippen LogP contribution is -2.39. The van der Waals surface area contributed by atoms with Crippen LogP contribution in [0.1, 0.15) is 0 Å². The summed E-state index contributed by atoms with van der Waals surface area (Å²) in [7, 11) is 2.58. The van der Waals surface area contributed by atoms with Crippen LogP contribution in [-0.4, -0.2) is 63.1 Å². The molecule has 0 aliphatic rings. The molecule has 24 heavy (non-hydrogen) atoms. The van der Waals surface area contributed by atoms with E-state index in [2.05, 4.69) is 20.1 Å². The lowest BCUT2D eigenvalue weighted by Gasteiger charge is -2.04. The summed E-state index contributed by atoms with van der Waals surface area (Å²) in [6.45, 7) is -1.47. The van der Waals surface area contributed by atoms with Crippen LogP contribution in [-0.2, 0) is 28.7 Å². The van der Waals surface area contributed by atoms with Crippen LogP contribution in [0.15, 0.2) is 12.2 Å². The number of hydrogen-bond acceptors (Lipinski definition) is 8. The molecule has 0 spiro atoms. The molecule has 0 aliphatic carbocycles. The third kappa shape index (κ3) is 10.3. The van der Waals surface area contributed by atoms with Crippen molar-refractivity contribution in [3.63, 3.8) is 0 Å². The zero-order valence-electron chi connectivity index (χ0n) is 12.8. The second-order valence-electron chi connectivity index (χ2n) is 3.80. The molecule has 0 rings (SSSR count). The maximum Gasteiger partial charge on any atom is 0.331 e. The van der Waals surface area contributed by atoms with Crippen molar-refractivity contribution in [3.05, 3.63) is 12.2 Å². The van der Waals surface area contributed by atoms with Gasteiger partial charge in [0.2, 0.25) is 0 Å². The highest BCUT2D eigenvalue weighted by molar-refractivity contribution is 5.98. The number of carbonyl (C=O) groups is 6. The van der Waals surface area contributed by atoms with E-state index in [9.17, 15) is 28.8 Å². The monoisotopic (exact) mass is 344 g/mol. The highest BCUT2D eigenvalue weighted by Crippen LogP contribution is 1.86. The molecular weight excluding hydrogens is 328 g/mol. The SMILES string of the molecule is CNC(=O)NC(=O)COC(=O)/C=C/C(=O)OCC(=O)NC(=O)NC. The average molecular weight is 344 g/mol. The molecule has 0 aromatic carbocycles. The Morgan fingerprint density at radius 2 is 1.04 bits per heavy atom. The summed E-state index contributed by atoms with van der Waals surface area (Å²) in [5, 5.41) is 7.92. The van der Waals surface area contributed by atoms with E-state index in [0.717, 1.165) is 0 Å². The van der Waals surface area contributed by atoms with Gasteiger partial charge in [-0.15, -0.1) is 0 Å². The molecule has 12 nitrogen and oxygen atoms in total. The molecule has 0 bridgehead atoms. The molecule has 0 heterocycles. The predicted molar refractivity (Wildman–Crippen MR) is 76.3 cm³/mol. The summed E-state index contributed by atoms with van der Waals surface area (Å²) in [5.41, 5.74) is 0. The second kappa shape index (κ2) is 11.2. The van der Waals surface area contributed by atoms with Crippen LogP contribution in [0.3, 0.4) is 0 Å². The Bertz CT molecular complexity index is 509. The minimum Gasteiger partial charge on any atom is -0.452 e. The lowest BCUT2D eigenvalue weighted by atomic mass is 10.5. The number of esters is 2. The zero-order chi connectivity index (χ0) is 18.5. The molecule has 132 valence electrons. The van der Waals surface area contributed by atoms with Gasteiger partial charge in [-0.05, 0) is 0 Å². The average Bonchev–Trinajstić information content (AvgIpc) is 2.55. The van der Waals surface area contributed by atoms with Crippen LogP contribution in [0.2, 0.25) is 0 Å². The number of carbonyl (C=O) groups excluding carboxylic acids is 6. The number of imide groups is 2. The third-order valence-corrected chi connectivity index (χ3v) is 2.01. The van der Waals surface area contributed by atoms with Crippen molar-refractivity contribution < 1.29 is 38.2 Å². The van der Waals surface area contributed by atoms with Gasteiger partial charge in [-0.25, -0.2) is 19.2 Å². The molecule has 0 aliphatic heterocycles. The quantitative estimate of drug-likeness (QED) is 0.304. The van der Waals surface area contributed by atoms with Crippen LogP contribution in [0.5, 0.6) is 0 Å². The van der Waals surface area contributed by atoms with Gasteiger partial charge in [0, 0.05) is 26.2 Å². The van der Waals surface area contributed by atoms with Gasteiger partial charge in [-0.1, -0.05) is 0 Å². The molecule has 12 heteroatoms. The van der Waals surface area contributed by atoms with E-state index in [4.69, 9.17) is 0 Å². The molecule has 0 atom stereocenters. The number of urea groups is 2. The van der Waals surface area contributed by atoms with E-state index >= 15 is 0 Å². The van der Waals surface area contributed by atoms with E-state index in [1.807, 2.05) is 10.6 Å². The lowest BCUT2D eigenvalue weighted by molar-refractivity contribution is -0.145. The van der Waals surface area contributed by atoms with Gasteiger partial charge < -0.3 is 20.1 Å².